The van der Waals surface area contributed by atoms with Gasteiger partial charge >= 0.3 is 0 Å². The third-order valence-electron chi connectivity index (χ3n) is 4.55. The maximum atomic E-state index is 12.4. The quantitative estimate of drug-likeness (QED) is 0.780. The highest BCUT2D eigenvalue weighted by Gasteiger charge is 2.43. The highest BCUT2D eigenvalue weighted by Crippen LogP contribution is 2.47. The average Bonchev–Trinajstić information content (AvgIpc) is 3.45. The van der Waals surface area contributed by atoms with Gasteiger partial charge < -0.3 is 5.32 Å². The molecular formula is C21H19N3O. The van der Waals surface area contributed by atoms with E-state index in [1.54, 1.807) is 12.4 Å². The number of anilines is 1. The monoisotopic (exact) mass is 329 g/mol. The topological polar surface area (TPSA) is 54.9 Å². The van der Waals surface area contributed by atoms with Crippen LogP contribution in [0.1, 0.15) is 23.5 Å². The predicted octanol–water partition coefficient (Wildman–Crippen LogP) is 4.19. The van der Waals surface area contributed by atoms with Crippen LogP contribution >= 0.6 is 0 Å². The Morgan fingerprint density at radius 2 is 1.68 bits per heavy atom. The summed E-state index contributed by atoms with van der Waals surface area (Å²) in [5, 5.41) is 3.01. The third kappa shape index (κ3) is 3.43. The maximum Gasteiger partial charge on any atom is 0.228 e. The summed E-state index contributed by atoms with van der Waals surface area (Å²) in [5.74, 6) is 1.20. The molecule has 1 N–H and O–H groups in total. The summed E-state index contributed by atoms with van der Waals surface area (Å²) < 4.78 is 0. The van der Waals surface area contributed by atoms with Crippen LogP contribution in [0, 0.1) is 12.8 Å². The fourth-order valence-corrected chi connectivity index (χ4v) is 3.03. The molecule has 1 aliphatic carbocycles. The summed E-state index contributed by atoms with van der Waals surface area (Å²) in [6, 6.07) is 17.9. The van der Waals surface area contributed by atoms with Gasteiger partial charge in [-0.1, -0.05) is 30.3 Å². The van der Waals surface area contributed by atoms with E-state index in [2.05, 4.69) is 27.4 Å². The lowest BCUT2D eigenvalue weighted by Gasteiger charge is -2.06. The lowest BCUT2D eigenvalue weighted by Crippen LogP contribution is -2.14. The number of benzene rings is 2. The molecule has 0 saturated heterocycles. The van der Waals surface area contributed by atoms with E-state index >= 15 is 0 Å². The summed E-state index contributed by atoms with van der Waals surface area (Å²) in [5.41, 5.74) is 4.02. The van der Waals surface area contributed by atoms with E-state index in [4.69, 9.17) is 0 Å². The number of aromatic nitrogens is 2. The molecule has 0 bridgehead atoms. The Kier molecular flexibility index (Phi) is 4.02. The van der Waals surface area contributed by atoms with Crippen molar-refractivity contribution in [1.82, 2.24) is 9.97 Å². The van der Waals surface area contributed by atoms with Gasteiger partial charge in [0.15, 0.2) is 5.82 Å². The second kappa shape index (κ2) is 6.48. The first-order valence-corrected chi connectivity index (χ1v) is 8.45. The van der Waals surface area contributed by atoms with Gasteiger partial charge in [0, 0.05) is 29.6 Å². The molecule has 1 heterocycles. The van der Waals surface area contributed by atoms with Gasteiger partial charge in [-0.25, -0.2) is 9.97 Å². The first-order chi connectivity index (χ1) is 12.2. The molecular weight excluding hydrogens is 310 g/mol. The number of nitrogens with zero attached hydrogens (tertiary/aromatic N) is 2. The Bertz CT molecular complexity index is 873. The molecule has 4 nitrogen and oxygen atoms in total. The zero-order valence-electron chi connectivity index (χ0n) is 14.0. The van der Waals surface area contributed by atoms with E-state index in [-0.39, 0.29) is 11.8 Å². The summed E-state index contributed by atoms with van der Waals surface area (Å²) in [4.78, 5) is 21.1. The highest BCUT2D eigenvalue weighted by atomic mass is 16.2. The van der Waals surface area contributed by atoms with Gasteiger partial charge in [0.05, 0.1) is 0 Å². The van der Waals surface area contributed by atoms with E-state index in [0.717, 1.165) is 23.2 Å². The number of rotatable bonds is 4. The normalized spacial score (nSPS) is 18.6. The van der Waals surface area contributed by atoms with Crippen molar-refractivity contribution in [2.75, 3.05) is 5.32 Å². The average molecular weight is 329 g/mol. The van der Waals surface area contributed by atoms with E-state index in [9.17, 15) is 4.79 Å². The van der Waals surface area contributed by atoms with Crippen LogP contribution < -0.4 is 5.32 Å². The third-order valence-corrected chi connectivity index (χ3v) is 4.55. The summed E-state index contributed by atoms with van der Waals surface area (Å²) in [7, 11) is 0. The van der Waals surface area contributed by atoms with Gasteiger partial charge in [-0.3, -0.25) is 4.79 Å². The zero-order valence-corrected chi connectivity index (χ0v) is 14.0. The number of amides is 1. The SMILES string of the molecule is Cc1cnc(-c2ccc(NC(=O)C3CC3c3ccccc3)cc2)nc1. The van der Waals surface area contributed by atoms with Crippen molar-refractivity contribution in [3.05, 3.63) is 78.1 Å². The van der Waals surface area contributed by atoms with Crippen molar-refractivity contribution in [2.24, 2.45) is 5.92 Å². The van der Waals surface area contributed by atoms with Crippen molar-refractivity contribution in [3.63, 3.8) is 0 Å². The van der Waals surface area contributed by atoms with Crippen LogP contribution in [0.3, 0.4) is 0 Å². The Balaban J connectivity index is 1.40. The van der Waals surface area contributed by atoms with Crippen LogP contribution in [-0.4, -0.2) is 15.9 Å². The summed E-state index contributed by atoms with van der Waals surface area (Å²) in [6.07, 6.45) is 4.52. The standard InChI is InChI=1S/C21H19N3O/c1-14-12-22-20(23-13-14)16-7-9-17(10-8-16)24-21(25)19-11-18(19)15-5-3-2-4-6-15/h2-10,12-13,18-19H,11H2,1H3,(H,24,25). The molecule has 2 unspecified atom stereocenters. The summed E-state index contributed by atoms with van der Waals surface area (Å²) >= 11 is 0. The molecule has 1 aromatic heterocycles. The van der Waals surface area contributed by atoms with Crippen molar-refractivity contribution in [3.8, 4) is 11.4 Å². The number of hydrogen-bond acceptors (Lipinski definition) is 3. The van der Waals surface area contributed by atoms with Crippen molar-refractivity contribution in [1.29, 1.82) is 0 Å². The fourth-order valence-electron chi connectivity index (χ4n) is 3.03. The molecule has 25 heavy (non-hydrogen) atoms. The van der Waals surface area contributed by atoms with E-state index in [1.165, 1.54) is 5.56 Å². The van der Waals surface area contributed by atoms with Crippen molar-refractivity contribution < 1.29 is 4.79 Å². The minimum atomic E-state index is 0.0718. The molecule has 1 aliphatic rings. The molecule has 4 rings (SSSR count). The molecule has 4 heteroatoms. The second-order valence-electron chi connectivity index (χ2n) is 6.51. The number of carbonyl (C=O) groups is 1. The largest absolute Gasteiger partial charge is 0.326 e. The Labute approximate surface area is 147 Å². The first-order valence-electron chi connectivity index (χ1n) is 8.45. The Hall–Kier alpha value is -3.01. The minimum absolute atomic E-state index is 0.0718. The molecule has 1 saturated carbocycles. The molecule has 0 spiro atoms. The van der Waals surface area contributed by atoms with Crippen molar-refractivity contribution >= 4 is 11.6 Å². The van der Waals surface area contributed by atoms with E-state index < -0.39 is 0 Å². The number of nitrogens with one attached hydrogen (secondary N) is 1. The predicted molar refractivity (Wildman–Crippen MR) is 98.1 cm³/mol. The highest BCUT2D eigenvalue weighted by molar-refractivity contribution is 5.95. The molecule has 124 valence electrons. The van der Waals surface area contributed by atoms with Crippen LogP contribution in [0.4, 0.5) is 5.69 Å². The Morgan fingerprint density at radius 3 is 2.36 bits per heavy atom. The van der Waals surface area contributed by atoms with Gasteiger partial charge in [-0.05, 0) is 54.7 Å². The fraction of sp³-hybridized carbons (Fsp3) is 0.190. The molecule has 1 amide bonds. The van der Waals surface area contributed by atoms with Gasteiger partial charge in [0.25, 0.3) is 0 Å². The smallest absolute Gasteiger partial charge is 0.228 e. The van der Waals surface area contributed by atoms with Gasteiger partial charge in [-0.15, -0.1) is 0 Å². The molecule has 0 radical (unpaired) electrons. The van der Waals surface area contributed by atoms with Gasteiger partial charge in [-0.2, -0.15) is 0 Å². The molecule has 2 aromatic carbocycles. The molecule has 0 aliphatic heterocycles. The van der Waals surface area contributed by atoms with Crippen molar-refractivity contribution in [2.45, 2.75) is 19.3 Å². The second-order valence-corrected chi connectivity index (χ2v) is 6.51. The van der Waals surface area contributed by atoms with Gasteiger partial charge in [0.2, 0.25) is 5.91 Å². The lowest BCUT2D eigenvalue weighted by molar-refractivity contribution is -0.117. The number of carbonyl (C=O) groups excluding carboxylic acids is 1. The number of hydrogen-bond donors (Lipinski definition) is 1. The molecule has 2 atom stereocenters. The van der Waals surface area contributed by atoms with Crippen LogP contribution in [0.5, 0.6) is 0 Å². The summed E-state index contributed by atoms with van der Waals surface area (Å²) in [6.45, 7) is 1.96. The van der Waals surface area contributed by atoms with Crippen LogP contribution in [0.2, 0.25) is 0 Å². The van der Waals surface area contributed by atoms with Crippen LogP contribution in [-0.2, 0) is 4.79 Å². The van der Waals surface area contributed by atoms with Crippen LogP contribution in [0.15, 0.2) is 67.0 Å². The lowest BCUT2D eigenvalue weighted by atomic mass is 10.1. The van der Waals surface area contributed by atoms with E-state index in [0.29, 0.717) is 11.7 Å². The van der Waals surface area contributed by atoms with E-state index in [1.807, 2.05) is 49.4 Å². The van der Waals surface area contributed by atoms with Crippen LogP contribution in [0.25, 0.3) is 11.4 Å². The zero-order chi connectivity index (χ0) is 17.2. The Morgan fingerprint density at radius 1 is 1.00 bits per heavy atom. The molecule has 3 aromatic rings. The maximum absolute atomic E-state index is 12.4. The molecule has 1 fully saturated rings. The van der Waals surface area contributed by atoms with Gasteiger partial charge in [0.1, 0.15) is 0 Å². The first kappa shape index (κ1) is 15.5. The minimum Gasteiger partial charge on any atom is -0.326 e. The number of aryl methyl sites for hydroxylation is 1.